The van der Waals surface area contributed by atoms with Gasteiger partial charge in [0.15, 0.2) is 11.3 Å². The quantitative estimate of drug-likeness (QED) is 0.854. The van der Waals surface area contributed by atoms with Gasteiger partial charge in [-0.3, -0.25) is 4.79 Å². The number of hydrogen-bond acceptors (Lipinski definition) is 6. The monoisotopic (exact) mass is 334 g/mol. The maximum atomic E-state index is 12.4. The number of fused-ring (bicyclic) bond motifs is 1. The van der Waals surface area contributed by atoms with Crippen LogP contribution in [0.1, 0.15) is 16.1 Å². The number of aromatic nitrogens is 3. The molecule has 2 aromatic heterocycles. The molecule has 1 fully saturated rings. The van der Waals surface area contributed by atoms with Gasteiger partial charge in [0.1, 0.15) is 6.10 Å². The van der Waals surface area contributed by atoms with E-state index < -0.39 is 0 Å². The predicted octanol–water partition coefficient (Wildman–Crippen LogP) is 0.444. The van der Waals surface area contributed by atoms with Crippen LogP contribution in [-0.4, -0.2) is 66.7 Å². The molecule has 1 saturated heterocycles. The number of ether oxygens (including phenoxy) is 3. The molecule has 8 heteroatoms. The smallest absolute Gasteiger partial charge is 0.271 e. The van der Waals surface area contributed by atoms with Crippen molar-refractivity contribution in [2.24, 2.45) is 5.92 Å². The Morgan fingerprint density at radius 1 is 1.42 bits per heavy atom. The average Bonchev–Trinajstić information content (AvgIpc) is 3.02. The van der Waals surface area contributed by atoms with Crippen LogP contribution < -0.4 is 5.32 Å². The maximum absolute atomic E-state index is 12.4. The third kappa shape index (κ3) is 3.40. The summed E-state index contributed by atoms with van der Waals surface area (Å²) in [6.07, 6.45) is 3.33. The number of nitrogens with zero attached hydrogens (tertiary/aromatic N) is 3. The van der Waals surface area contributed by atoms with Crippen LogP contribution >= 0.6 is 0 Å². The number of carbonyl (C=O) groups excluding carboxylic acids is 1. The molecule has 0 spiro atoms. The summed E-state index contributed by atoms with van der Waals surface area (Å²) in [6, 6.07) is 1.66. The Balaban J connectivity index is 1.65. The highest BCUT2D eigenvalue weighted by atomic mass is 16.6. The molecule has 1 amide bonds. The van der Waals surface area contributed by atoms with Gasteiger partial charge in [0, 0.05) is 45.1 Å². The first-order valence-corrected chi connectivity index (χ1v) is 7.86. The van der Waals surface area contributed by atoms with Crippen molar-refractivity contribution in [1.29, 1.82) is 0 Å². The summed E-state index contributed by atoms with van der Waals surface area (Å²) < 4.78 is 18.0. The molecular formula is C16H22N4O4. The highest BCUT2D eigenvalue weighted by Gasteiger charge is 2.34. The molecule has 0 unspecified atom stereocenters. The second kappa shape index (κ2) is 7.25. The first kappa shape index (κ1) is 16.8. The number of amides is 1. The minimum atomic E-state index is -0.243. The third-order valence-electron chi connectivity index (χ3n) is 4.22. The van der Waals surface area contributed by atoms with Gasteiger partial charge in [-0.25, -0.2) is 9.50 Å². The van der Waals surface area contributed by atoms with Crippen LogP contribution in [0.2, 0.25) is 0 Å². The molecule has 0 saturated carbocycles. The summed E-state index contributed by atoms with van der Waals surface area (Å²) in [7, 11) is 3.28. The minimum Gasteiger partial charge on any atom is -0.378 e. The van der Waals surface area contributed by atoms with Gasteiger partial charge in [0.25, 0.3) is 5.91 Å². The molecular weight excluding hydrogens is 312 g/mol. The molecule has 2 aromatic rings. The molecule has 3 rings (SSSR count). The number of methoxy groups -OCH3 is 2. The summed E-state index contributed by atoms with van der Waals surface area (Å²) in [5, 5.41) is 7.16. The summed E-state index contributed by atoms with van der Waals surface area (Å²) in [5.74, 6) is -0.220. The zero-order valence-electron chi connectivity index (χ0n) is 14.1. The molecule has 1 aliphatic heterocycles. The largest absolute Gasteiger partial charge is 0.378 e. The standard InChI is InChI=1S/C16H22N4O4/c1-10-5-17-14-4-12(19-20(14)7-10)16(21)18-6-11-8-24-9-13(22-2)15(11)23-3/h4-5,7,11,13,15H,6,8-9H2,1-3H3,(H,18,21)/t11-,13-,15+/m1/s1. The Morgan fingerprint density at radius 3 is 3.00 bits per heavy atom. The van der Waals surface area contributed by atoms with E-state index in [9.17, 15) is 4.79 Å². The number of aryl methyl sites for hydroxylation is 1. The van der Waals surface area contributed by atoms with Crippen LogP contribution in [-0.2, 0) is 14.2 Å². The highest BCUT2D eigenvalue weighted by molar-refractivity contribution is 5.93. The molecule has 24 heavy (non-hydrogen) atoms. The van der Waals surface area contributed by atoms with Crippen molar-refractivity contribution in [2.75, 3.05) is 34.0 Å². The lowest BCUT2D eigenvalue weighted by atomic mass is 9.96. The van der Waals surface area contributed by atoms with Crippen LogP contribution in [0.25, 0.3) is 5.65 Å². The fraction of sp³-hybridized carbons (Fsp3) is 0.562. The van der Waals surface area contributed by atoms with Crippen LogP contribution in [0.3, 0.4) is 0 Å². The normalized spacial score (nSPS) is 24.2. The van der Waals surface area contributed by atoms with Gasteiger partial charge in [-0.1, -0.05) is 0 Å². The highest BCUT2D eigenvalue weighted by Crippen LogP contribution is 2.19. The third-order valence-corrected chi connectivity index (χ3v) is 4.22. The fourth-order valence-corrected chi connectivity index (χ4v) is 2.95. The van der Waals surface area contributed by atoms with Crippen LogP contribution in [0, 0.1) is 12.8 Å². The number of carbonyl (C=O) groups is 1. The van der Waals surface area contributed by atoms with E-state index in [1.165, 1.54) is 0 Å². The number of nitrogens with one attached hydrogen (secondary N) is 1. The van der Waals surface area contributed by atoms with Crippen molar-refractivity contribution in [3.63, 3.8) is 0 Å². The summed E-state index contributed by atoms with van der Waals surface area (Å²) in [5.41, 5.74) is 1.95. The Bertz CT molecular complexity index is 717. The van der Waals surface area contributed by atoms with Crippen molar-refractivity contribution >= 4 is 11.6 Å². The van der Waals surface area contributed by atoms with E-state index in [4.69, 9.17) is 14.2 Å². The Morgan fingerprint density at radius 2 is 2.25 bits per heavy atom. The maximum Gasteiger partial charge on any atom is 0.271 e. The molecule has 3 heterocycles. The van der Waals surface area contributed by atoms with Crippen LogP contribution in [0.4, 0.5) is 0 Å². The van der Waals surface area contributed by atoms with Crippen molar-refractivity contribution in [1.82, 2.24) is 19.9 Å². The van der Waals surface area contributed by atoms with Gasteiger partial charge in [0.05, 0.1) is 19.3 Å². The van der Waals surface area contributed by atoms with Gasteiger partial charge in [0.2, 0.25) is 0 Å². The fourth-order valence-electron chi connectivity index (χ4n) is 2.95. The Labute approximate surface area is 140 Å². The zero-order valence-corrected chi connectivity index (χ0v) is 14.1. The van der Waals surface area contributed by atoms with Crippen LogP contribution in [0.15, 0.2) is 18.5 Å². The average molecular weight is 334 g/mol. The summed E-state index contributed by atoms with van der Waals surface area (Å²) in [6.45, 7) is 3.37. The molecule has 0 aliphatic carbocycles. The molecule has 3 atom stereocenters. The lowest BCUT2D eigenvalue weighted by Gasteiger charge is -2.36. The topological polar surface area (TPSA) is 87.0 Å². The van der Waals surface area contributed by atoms with Crippen LogP contribution in [0.5, 0.6) is 0 Å². The molecule has 1 aliphatic rings. The van der Waals surface area contributed by atoms with Gasteiger partial charge < -0.3 is 19.5 Å². The molecule has 130 valence electrons. The summed E-state index contributed by atoms with van der Waals surface area (Å²) in [4.78, 5) is 16.6. The van der Waals surface area contributed by atoms with Crippen molar-refractivity contribution in [3.8, 4) is 0 Å². The van der Waals surface area contributed by atoms with E-state index in [0.29, 0.717) is 31.1 Å². The SMILES string of the molecule is CO[C@H]1[C@H](CNC(=O)c2cc3ncc(C)cn3n2)COC[C@H]1OC. The first-order valence-electron chi connectivity index (χ1n) is 7.86. The van der Waals surface area contributed by atoms with E-state index in [2.05, 4.69) is 15.4 Å². The zero-order chi connectivity index (χ0) is 17.1. The van der Waals surface area contributed by atoms with Gasteiger partial charge in [-0.2, -0.15) is 5.10 Å². The molecule has 1 N–H and O–H groups in total. The van der Waals surface area contributed by atoms with Crippen molar-refractivity contribution in [3.05, 3.63) is 29.7 Å². The second-order valence-corrected chi connectivity index (χ2v) is 5.95. The minimum absolute atomic E-state index is 0.0232. The predicted molar refractivity (Wildman–Crippen MR) is 86.0 cm³/mol. The lowest BCUT2D eigenvalue weighted by Crippen LogP contribution is -2.50. The van der Waals surface area contributed by atoms with E-state index in [0.717, 1.165) is 5.56 Å². The van der Waals surface area contributed by atoms with E-state index >= 15 is 0 Å². The Kier molecular flexibility index (Phi) is 5.08. The second-order valence-electron chi connectivity index (χ2n) is 5.95. The first-order chi connectivity index (χ1) is 11.6. The van der Waals surface area contributed by atoms with E-state index in [-0.39, 0.29) is 24.0 Å². The number of hydrogen-bond donors (Lipinski definition) is 1. The van der Waals surface area contributed by atoms with Gasteiger partial charge >= 0.3 is 0 Å². The van der Waals surface area contributed by atoms with Gasteiger partial charge in [-0.15, -0.1) is 0 Å². The molecule has 0 aromatic carbocycles. The van der Waals surface area contributed by atoms with E-state index in [1.807, 2.05) is 13.1 Å². The van der Waals surface area contributed by atoms with Crippen molar-refractivity contribution in [2.45, 2.75) is 19.1 Å². The lowest BCUT2D eigenvalue weighted by molar-refractivity contribution is -0.145. The van der Waals surface area contributed by atoms with Gasteiger partial charge in [-0.05, 0) is 12.5 Å². The van der Waals surface area contributed by atoms with E-state index in [1.54, 1.807) is 31.0 Å². The van der Waals surface area contributed by atoms with Crippen molar-refractivity contribution < 1.29 is 19.0 Å². The Hall–Kier alpha value is -2.03. The number of rotatable bonds is 5. The molecule has 8 nitrogen and oxygen atoms in total. The molecule has 0 bridgehead atoms. The summed E-state index contributed by atoms with van der Waals surface area (Å²) >= 11 is 0. The molecule has 0 radical (unpaired) electrons.